The van der Waals surface area contributed by atoms with Crippen molar-refractivity contribution in [2.75, 3.05) is 6.61 Å². The second-order valence-corrected chi connectivity index (χ2v) is 18.1. The minimum Gasteiger partial charge on any atom is -0.432 e. The maximum absolute atomic E-state index is 14.1. The number of aliphatic hydroxyl groups is 9. The molecule has 0 aromatic carbocycles. The maximum Gasteiger partial charge on any atom is 0.317 e. The van der Waals surface area contributed by atoms with Gasteiger partial charge in [0.15, 0.2) is 0 Å². The Hall–Kier alpha value is -0.930. The number of carbonyl (C=O) groups is 1. The first-order valence-corrected chi connectivity index (χ1v) is 18.1. The fourth-order valence-electron chi connectivity index (χ4n) is 12.8. The summed E-state index contributed by atoms with van der Waals surface area (Å²) in [6, 6.07) is 0. The lowest BCUT2D eigenvalue weighted by molar-refractivity contribution is -0.300. The Morgan fingerprint density at radius 1 is 0.896 bits per heavy atom. The van der Waals surface area contributed by atoms with Gasteiger partial charge in [0.05, 0.1) is 35.9 Å². The number of carbonyl (C=O) groups excluding carboxylic acids is 1. The number of hydrogen-bond donors (Lipinski definition) is 9. The van der Waals surface area contributed by atoms with E-state index in [9.17, 15) is 50.8 Å². The number of aliphatic hydroxyl groups excluding tert-OH is 8. The zero-order valence-electron chi connectivity index (χ0n) is 29.3. The molecule has 2 spiro atoms. The molecule has 0 bridgehead atoms. The number of esters is 1. The van der Waals surface area contributed by atoms with Gasteiger partial charge in [-0.2, -0.15) is 0 Å². The first kappa shape index (κ1) is 36.8. The van der Waals surface area contributed by atoms with Gasteiger partial charge in [-0.05, 0) is 112 Å². The van der Waals surface area contributed by atoms with Crippen molar-refractivity contribution in [2.45, 2.75) is 160 Å². The fourth-order valence-corrected chi connectivity index (χ4v) is 12.8. The molecule has 12 nitrogen and oxygen atoms in total. The Kier molecular flexibility index (Phi) is 9.06. The van der Waals surface area contributed by atoms with Crippen LogP contribution in [-0.2, 0) is 14.3 Å². The van der Waals surface area contributed by atoms with Gasteiger partial charge in [-0.3, -0.25) is 4.79 Å². The Labute approximate surface area is 283 Å². The molecule has 0 radical (unpaired) electrons. The topological polar surface area (TPSA) is 218 Å². The van der Waals surface area contributed by atoms with Gasteiger partial charge in [0, 0.05) is 11.8 Å². The molecule has 1 aliphatic heterocycles. The van der Waals surface area contributed by atoms with E-state index >= 15 is 0 Å². The number of ether oxygens (including phenoxy) is 2. The van der Waals surface area contributed by atoms with Crippen molar-refractivity contribution < 1.29 is 60.2 Å². The van der Waals surface area contributed by atoms with E-state index in [0.29, 0.717) is 18.8 Å². The summed E-state index contributed by atoms with van der Waals surface area (Å²) in [5.74, 6) is -0.518. The van der Waals surface area contributed by atoms with E-state index in [4.69, 9.17) is 9.47 Å². The minimum atomic E-state index is -1.76. The highest BCUT2D eigenvalue weighted by Crippen LogP contribution is 2.89. The van der Waals surface area contributed by atoms with Gasteiger partial charge < -0.3 is 55.4 Å². The first-order chi connectivity index (χ1) is 22.2. The van der Waals surface area contributed by atoms with Crippen LogP contribution in [0, 0.1) is 50.7 Å². The molecule has 276 valence electrons. The van der Waals surface area contributed by atoms with Crippen molar-refractivity contribution in [3.05, 3.63) is 0 Å². The third-order valence-corrected chi connectivity index (χ3v) is 15.8. The fraction of sp³-hybridized carbons (Fsp3) is 0.972. The van der Waals surface area contributed by atoms with E-state index < -0.39 is 90.0 Å². The van der Waals surface area contributed by atoms with Crippen LogP contribution in [0.25, 0.3) is 0 Å². The van der Waals surface area contributed by atoms with Gasteiger partial charge in [-0.1, -0.05) is 20.8 Å². The highest BCUT2D eigenvalue weighted by atomic mass is 16.7. The van der Waals surface area contributed by atoms with E-state index in [1.54, 1.807) is 6.92 Å². The van der Waals surface area contributed by atoms with Gasteiger partial charge >= 0.3 is 5.97 Å². The summed E-state index contributed by atoms with van der Waals surface area (Å²) in [5.41, 5.74) is -3.78. The molecule has 0 aromatic heterocycles. The third-order valence-electron chi connectivity index (χ3n) is 15.8. The average molecular weight is 685 g/mol. The molecule has 18 atom stereocenters. The molecule has 48 heavy (non-hydrogen) atoms. The smallest absolute Gasteiger partial charge is 0.317 e. The largest absolute Gasteiger partial charge is 0.432 e. The van der Waals surface area contributed by atoms with Crippen molar-refractivity contribution in [3.8, 4) is 0 Å². The second kappa shape index (κ2) is 11.8. The summed E-state index contributed by atoms with van der Waals surface area (Å²) in [5, 5.41) is 95.7. The molecular formula is C36H60O12. The molecule has 0 aromatic rings. The maximum atomic E-state index is 14.1. The molecule has 6 rings (SSSR count). The number of hydrogen-bond acceptors (Lipinski definition) is 12. The number of rotatable bonds is 8. The summed E-state index contributed by atoms with van der Waals surface area (Å²) in [6.45, 7) is 10.9. The standard InChI is InChI=1S/C36H60O12/c1-17(13-19(38)28(44)31(2,3)46)18-9-10-33(5)21-7-8-22-34(6,30(45)48-29-27(43)26(42)25(41)20(15-37)47-29)23(39)14-24(40)36(22)16-35(21,36)12-11-32(18,33)4/h17-29,37-44,46H,7-16H2,1-6H3/t17-,18-,19-,20-,21+,22-,23-,24+,25+,26+,27+,28-,29+,32+,33-,34-,35+,36-/m0/s1. The van der Waals surface area contributed by atoms with E-state index in [1.165, 1.54) is 13.8 Å². The predicted octanol–water partition coefficient (Wildman–Crippen LogP) is 0.599. The Morgan fingerprint density at radius 2 is 1.54 bits per heavy atom. The SMILES string of the molecule is C[C@@H](C[C@H](O)[C@H](O)C(C)(C)O)[C@@H]1CC[C@@]2(C)[C@H]3CC[C@H]4[C@](C)(C(=O)O[C@H]5O[C@@H](CO)[C@@H](O)[C@@H](O)[C@H]5O)[C@@H](O)C[C@@H](O)[C@]45C[C@]35CC[C@]12C. The molecular weight excluding hydrogens is 624 g/mol. The van der Waals surface area contributed by atoms with Crippen LogP contribution >= 0.6 is 0 Å². The van der Waals surface area contributed by atoms with E-state index in [1.807, 2.05) is 0 Å². The zero-order valence-corrected chi connectivity index (χ0v) is 29.3. The Bertz CT molecular complexity index is 1240. The summed E-state index contributed by atoms with van der Waals surface area (Å²) < 4.78 is 11.2. The van der Waals surface area contributed by atoms with Crippen molar-refractivity contribution in [1.29, 1.82) is 0 Å². The second-order valence-electron chi connectivity index (χ2n) is 18.1. The van der Waals surface area contributed by atoms with Crippen molar-refractivity contribution in [1.82, 2.24) is 0 Å². The van der Waals surface area contributed by atoms with Crippen LogP contribution in [0.5, 0.6) is 0 Å². The van der Waals surface area contributed by atoms with E-state index in [-0.39, 0.29) is 34.5 Å². The summed E-state index contributed by atoms with van der Waals surface area (Å²) in [6.07, 6.45) is -6.02. The quantitative estimate of drug-likeness (QED) is 0.161. The molecule has 5 aliphatic carbocycles. The Balaban J connectivity index is 1.24. The van der Waals surface area contributed by atoms with Gasteiger partial charge in [-0.25, -0.2) is 0 Å². The monoisotopic (exact) mass is 684 g/mol. The van der Waals surface area contributed by atoms with Crippen LogP contribution in [0.2, 0.25) is 0 Å². The number of fused-ring (bicyclic) bond motifs is 2. The zero-order chi connectivity index (χ0) is 35.6. The lowest BCUT2D eigenvalue weighted by Gasteiger charge is -2.63. The molecule has 5 saturated carbocycles. The minimum absolute atomic E-state index is 0.000310. The van der Waals surface area contributed by atoms with Crippen LogP contribution in [0.15, 0.2) is 0 Å². The lowest BCUT2D eigenvalue weighted by Crippen LogP contribution is -2.65. The van der Waals surface area contributed by atoms with Gasteiger partial charge in [0.1, 0.15) is 30.5 Å². The van der Waals surface area contributed by atoms with Crippen molar-refractivity contribution >= 4 is 5.97 Å². The molecule has 12 heteroatoms. The molecule has 6 fully saturated rings. The summed E-state index contributed by atoms with van der Waals surface area (Å²) in [7, 11) is 0. The van der Waals surface area contributed by atoms with Crippen molar-refractivity contribution in [3.63, 3.8) is 0 Å². The summed E-state index contributed by atoms with van der Waals surface area (Å²) >= 11 is 0. The lowest BCUT2D eigenvalue weighted by atomic mass is 9.41. The first-order valence-electron chi connectivity index (χ1n) is 18.1. The predicted molar refractivity (Wildman–Crippen MR) is 171 cm³/mol. The normalized spacial score (nSPS) is 53.4. The van der Waals surface area contributed by atoms with Crippen LogP contribution in [0.1, 0.15) is 99.3 Å². The van der Waals surface area contributed by atoms with Gasteiger partial charge in [0.2, 0.25) is 6.29 Å². The van der Waals surface area contributed by atoms with E-state index in [2.05, 4.69) is 20.8 Å². The van der Waals surface area contributed by atoms with Gasteiger partial charge in [0.25, 0.3) is 0 Å². The molecule has 0 unspecified atom stereocenters. The highest BCUT2D eigenvalue weighted by molar-refractivity contribution is 5.78. The molecule has 6 aliphatic rings. The average Bonchev–Trinajstić information content (AvgIpc) is 3.63. The van der Waals surface area contributed by atoms with Crippen LogP contribution in [0.4, 0.5) is 0 Å². The van der Waals surface area contributed by atoms with Crippen LogP contribution < -0.4 is 0 Å². The molecule has 1 heterocycles. The van der Waals surface area contributed by atoms with E-state index in [0.717, 1.165) is 38.5 Å². The van der Waals surface area contributed by atoms with Crippen LogP contribution in [0.3, 0.4) is 0 Å². The van der Waals surface area contributed by atoms with Gasteiger partial charge in [-0.15, -0.1) is 0 Å². The molecule has 9 N–H and O–H groups in total. The highest BCUT2D eigenvalue weighted by Gasteiger charge is 2.86. The molecule has 0 amide bonds. The summed E-state index contributed by atoms with van der Waals surface area (Å²) in [4.78, 5) is 14.1. The molecule has 1 saturated heterocycles. The van der Waals surface area contributed by atoms with Crippen molar-refractivity contribution in [2.24, 2.45) is 50.7 Å². The third kappa shape index (κ3) is 4.80. The Morgan fingerprint density at radius 3 is 2.17 bits per heavy atom. The van der Waals surface area contributed by atoms with Crippen LogP contribution in [-0.4, -0.2) is 119 Å².